The lowest BCUT2D eigenvalue weighted by Crippen LogP contribution is -2.36. The molecule has 0 saturated heterocycles. The largest absolute Gasteiger partial charge is 0.385 e. The molecule has 1 aromatic rings. The van der Waals surface area contributed by atoms with Gasteiger partial charge in [0.15, 0.2) is 0 Å². The topological polar surface area (TPSA) is 75.3 Å². The molecular weight excluding hydrogens is 256 g/mol. The normalized spacial score (nSPS) is 10.1. The molecule has 6 heteroatoms. The maximum atomic E-state index is 11.4. The van der Waals surface area contributed by atoms with Gasteiger partial charge in [-0.2, -0.15) is 0 Å². The molecule has 0 aliphatic rings. The first-order chi connectivity index (χ1) is 9.83. The molecule has 0 bridgehead atoms. The molecule has 0 atom stereocenters. The Hall–Kier alpha value is -1.82. The van der Waals surface area contributed by atoms with E-state index in [0.29, 0.717) is 19.7 Å². The first-order valence-electron chi connectivity index (χ1n) is 6.98. The number of hydrogen-bond donors (Lipinski definition) is 3. The van der Waals surface area contributed by atoms with Crippen molar-refractivity contribution >= 4 is 11.8 Å². The molecule has 0 unspecified atom stereocenters. The number of aromatic nitrogens is 1. The minimum Gasteiger partial charge on any atom is -0.385 e. The highest BCUT2D eigenvalue weighted by Crippen LogP contribution is 1.99. The number of rotatable bonds is 10. The number of anilines is 1. The third kappa shape index (κ3) is 8.31. The van der Waals surface area contributed by atoms with Crippen LogP contribution in [0.15, 0.2) is 24.4 Å². The molecule has 0 aromatic carbocycles. The van der Waals surface area contributed by atoms with E-state index in [4.69, 9.17) is 4.74 Å². The fourth-order valence-electron chi connectivity index (χ4n) is 1.62. The summed E-state index contributed by atoms with van der Waals surface area (Å²) in [5.41, 5.74) is 0. The second kappa shape index (κ2) is 11.0. The van der Waals surface area contributed by atoms with Gasteiger partial charge in [-0.05, 0) is 31.4 Å². The summed E-state index contributed by atoms with van der Waals surface area (Å²) in [7, 11) is 1.65. The van der Waals surface area contributed by atoms with Crippen LogP contribution in [0, 0.1) is 0 Å². The fourth-order valence-corrected chi connectivity index (χ4v) is 1.62. The quantitative estimate of drug-likeness (QED) is 0.569. The molecule has 0 fully saturated rings. The van der Waals surface area contributed by atoms with Crippen LogP contribution in [0.5, 0.6) is 0 Å². The molecule has 0 radical (unpaired) electrons. The molecule has 0 spiro atoms. The molecule has 112 valence electrons. The number of ether oxygens (including phenoxy) is 1. The third-order valence-corrected chi connectivity index (χ3v) is 2.67. The smallest absolute Gasteiger partial charge is 0.314 e. The van der Waals surface area contributed by atoms with E-state index in [2.05, 4.69) is 20.9 Å². The lowest BCUT2D eigenvalue weighted by molar-refractivity contribution is 0.193. The van der Waals surface area contributed by atoms with Crippen LogP contribution in [0.4, 0.5) is 10.6 Å². The van der Waals surface area contributed by atoms with Crippen LogP contribution in [0.25, 0.3) is 0 Å². The summed E-state index contributed by atoms with van der Waals surface area (Å²) < 4.78 is 4.90. The lowest BCUT2D eigenvalue weighted by atomic mass is 10.3. The Labute approximate surface area is 120 Å². The molecule has 0 aliphatic heterocycles. The van der Waals surface area contributed by atoms with Gasteiger partial charge in [0.2, 0.25) is 0 Å². The molecule has 1 heterocycles. The van der Waals surface area contributed by atoms with Gasteiger partial charge in [-0.15, -0.1) is 0 Å². The predicted molar refractivity (Wildman–Crippen MR) is 79.9 cm³/mol. The molecular formula is C14H24N4O2. The highest BCUT2D eigenvalue weighted by atomic mass is 16.5. The zero-order chi connectivity index (χ0) is 14.5. The van der Waals surface area contributed by atoms with Gasteiger partial charge < -0.3 is 20.7 Å². The predicted octanol–water partition coefficient (Wildman–Crippen LogP) is 1.61. The molecule has 20 heavy (non-hydrogen) atoms. The third-order valence-electron chi connectivity index (χ3n) is 2.67. The number of carbonyl (C=O) groups is 1. The summed E-state index contributed by atoms with van der Waals surface area (Å²) >= 11 is 0. The fraction of sp³-hybridized carbons (Fsp3) is 0.571. The summed E-state index contributed by atoms with van der Waals surface area (Å²) in [6.07, 6.45) is 4.52. The van der Waals surface area contributed by atoms with E-state index in [1.807, 2.05) is 18.2 Å². The molecule has 3 N–H and O–H groups in total. The van der Waals surface area contributed by atoms with Crippen molar-refractivity contribution in [1.82, 2.24) is 15.6 Å². The number of pyridine rings is 1. The first-order valence-corrected chi connectivity index (χ1v) is 6.98. The van der Waals surface area contributed by atoms with Crippen molar-refractivity contribution in [3.63, 3.8) is 0 Å². The molecule has 2 amide bonds. The van der Waals surface area contributed by atoms with E-state index in [-0.39, 0.29) is 6.03 Å². The van der Waals surface area contributed by atoms with Gasteiger partial charge in [-0.25, -0.2) is 9.78 Å². The van der Waals surface area contributed by atoms with E-state index in [1.54, 1.807) is 13.3 Å². The Morgan fingerprint density at radius 3 is 2.60 bits per heavy atom. The van der Waals surface area contributed by atoms with Gasteiger partial charge in [0.1, 0.15) is 5.82 Å². The van der Waals surface area contributed by atoms with Gasteiger partial charge >= 0.3 is 6.03 Å². The van der Waals surface area contributed by atoms with Gasteiger partial charge in [0.05, 0.1) is 0 Å². The van der Waals surface area contributed by atoms with E-state index in [9.17, 15) is 4.79 Å². The number of nitrogens with zero attached hydrogens (tertiary/aromatic N) is 1. The number of urea groups is 1. The molecule has 6 nitrogen and oxygen atoms in total. The van der Waals surface area contributed by atoms with Gasteiger partial charge in [0.25, 0.3) is 0 Å². The first kappa shape index (κ1) is 16.2. The van der Waals surface area contributed by atoms with Crippen LogP contribution in [0.3, 0.4) is 0 Å². The van der Waals surface area contributed by atoms with E-state index in [0.717, 1.165) is 31.6 Å². The number of amides is 2. The summed E-state index contributed by atoms with van der Waals surface area (Å²) in [6, 6.07) is 5.66. The summed E-state index contributed by atoms with van der Waals surface area (Å²) in [5, 5.41) is 8.83. The second-order valence-electron chi connectivity index (χ2n) is 4.38. The van der Waals surface area contributed by atoms with Crippen molar-refractivity contribution < 1.29 is 9.53 Å². The summed E-state index contributed by atoms with van der Waals surface area (Å²) in [6.45, 7) is 2.84. The van der Waals surface area contributed by atoms with Crippen molar-refractivity contribution in [3.05, 3.63) is 24.4 Å². The Morgan fingerprint density at radius 1 is 1.15 bits per heavy atom. The number of unbranched alkanes of at least 4 members (excludes halogenated alkanes) is 1. The Bertz CT molecular complexity index is 359. The standard InChI is InChI=1S/C14H24N4O2/c1-20-12-6-11-18-14(19)17-10-5-4-9-16-13-7-2-3-8-15-13/h2-3,7-8H,4-6,9-12H2,1H3,(H,15,16)(H2,17,18,19). The monoisotopic (exact) mass is 280 g/mol. The van der Waals surface area contributed by atoms with Crippen molar-refractivity contribution in [2.24, 2.45) is 0 Å². The van der Waals surface area contributed by atoms with Crippen molar-refractivity contribution in [2.45, 2.75) is 19.3 Å². The zero-order valence-electron chi connectivity index (χ0n) is 12.0. The van der Waals surface area contributed by atoms with Crippen LogP contribution < -0.4 is 16.0 Å². The number of hydrogen-bond acceptors (Lipinski definition) is 4. The van der Waals surface area contributed by atoms with Gasteiger partial charge in [-0.1, -0.05) is 6.07 Å². The SMILES string of the molecule is COCCCNC(=O)NCCCCNc1ccccn1. The van der Waals surface area contributed by atoms with Crippen LogP contribution >= 0.6 is 0 Å². The van der Waals surface area contributed by atoms with Gasteiger partial charge in [-0.3, -0.25) is 0 Å². The zero-order valence-corrected chi connectivity index (χ0v) is 12.0. The van der Waals surface area contributed by atoms with Crippen LogP contribution in [-0.2, 0) is 4.74 Å². The Morgan fingerprint density at radius 2 is 1.90 bits per heavy atom. The maximum Gasteiger partial charge on any atom is 0.314 e. The summed E-state index contributed by atoms with van der Waals surface area (Å²) in [4.78, 5) is 15.5. The van der Waals surface area contributed by atoms with Crippen LogP contribution in [-0.4, -0.2) is 44.4 Å². The molecule has 1 aromatic heterocycles. The van der Waals surface area contributed by atoms with Crippen molar-refractivity contribution in [2.75, 3.05) is 38.7 Å². The average molecular weight is 280 g/mol. The van der Waals surface area contributed by atoms with Crippen LogP contribution in [0.1, 0.15) is 19.3 Å². The number of carbonyl (C=O) groups excluding carboxylic acids is 1. The average Bonchev–Trinajstić information content (AvgIpc) is 2.48. The highest BCUT2D eigenvalue weighted by Gasteiger charge is 1.98. The number of methoxy groups -OCH3 is 1. The highest BCUT2D eigenvalue weighted by molar-refractivity contribution is 5.73. The molecule has 1 rings (SSSR count). The van der Waals surface area contributed by atoms with Gasteiger partial charge in [0, 0.05) is 39.5 Å². The minimum atomic E-state index is -0.112. The molecule has 0 aliphatic carbocycles. The number of nitrogens with one attached hydrogen (secondary N) is 3. The van der Waals surface area contributed by atoms with E-state index in [1.165, 1.54) is 0 Å². The Balaban J connectivity index is 1.90. The second-order valence-corrected chi connectivity index (χ2v) is 4.38. The van der Waals surface area contributed by atoms with E-state index >= 15 is 0 Å². The van der Waals surface area contributed by atoms with Crippen molar-refractivity contribution in [3.8, 4) is 0 Å². The van der Waals surface area contributed by atoms with Crippen molar-refractivity contribution in [1.29, 1.82) is 0 Å². The van der Waals surface area contributed by atoms with E-state index < -0.39 is 0 Å². The Kier molecular flexibility index (Phi) is 8.97. The summed E-state index contributed by atoms with van der Waals surface area (Å²) in [5.74, 6) is 0.886. The van der Waals surface area contributed by atoms with Crippen LogP contribution in [0.2, 0.25) is 0 Å². The maximum absolute atomic E-state index is 11.4. The minimum absolute atomic E-state index is 0.112. The lowest BCUT2D eigenvalue weighted by Gasteiger charge is -2.08. The molecule has 0 saturated carbocycles.